The Hall–Kier alpha value is -0.610. The zero-order valence-corrected chi connectivity index (χ0v) is 11.3. The molecule has 0 bridgehead atoms. The van der Waals surface area contributed by atoms with E-state index in [2.05, 4.69) is 20.8 Å². The Kier molecular flexibility index (Phi) is 4.95. The van der Waals surface area contributed by atoms with Crippen molar-refractivity contribution in [2.75, 3.05) is 5.75 Å². The standard InChI is InChI=1S/C13H19F2NS/c1-13(2,3)17-8-9(16)7-10-11(14)5-4-6-12(10)15/h4-6,9H,7-8,16H2,1-3H3. The van der Waals surface area contributed by atoms with Gasteiger partial charge in [-0.15, -0.1) is 0 Å². The maximum atomic E-state index is 13.4. The second kappa shape index (κ2) is 5.83. The number of benzene rings is 1. The van der Waals surface area contributed by atoms with E-state index in [4.69, 9.17) is 5.73 Å². The normalized spacial score (nSPS) is 13.8. The van der Waals surface area contributed by atoms with Crippen LogP contribution in [0.5, 0.6) is 0 Å². The molecular weight excluding hydrogens is 240 g/mol. The molecule has 0 aliphatic rings. The second-order valence-electron chi connectivity index (χ2n) is 5.09. The summed E-state index contributed by atoms with van der Waals surface area (Å²) in [6.45, 7) is 6.27. The van der Waals surface area contributed by atoms with Crippen LogP contribution in [0.4, 0.5) is 8.78 Å². The molecule has 4 heteroatoms. The molecule has 0 spiro atoms. The van der Waals surface area contributed by atoms with Crippen LogP contribution >= 0.6 is 11.8 Å². The van der Waals surface area contributed by atoms with Gasteiger partial charge in [-0.1, -0.05) is 26.8 Å². The molecule has 0 fully saturated rings. The predicted molar refractivity (Wildman–Crippen MR) is 70.2 cm³/mol. The first-order chi connectivity index (χ1) is 7.79. The minimum atomic E-state index is -0.513. The molecule has 1 aromatic rings. The Morgan fingerprint density at radius 2 is 1.76 bits per heavy atom. The quantitative estimate of drug-likeness (QED) is 0.897. The third-order valence-electron chi connectivity index (χ3n) is 2.26. The molecule has 0 amide bonds. The smallest absolute Gasteiger partial charge is 0.129 e. The van der Waals surface area contributed by atoms with Crippen molar-refractivity contribution in [3.8, 4) is 0 Å². The van der Waals surface area contributed by atoms with Crippen molar-refractivity contribution in [3.05, 3.63) is 35.4 Å². The lowest BCUT2D eigenvalue weighted by Gasteiger charge is -2.20. The highest BCUT2D eigenvalue weighted by Gasteiger charge is 2.16. The molecule has 2 N–H and O–H groups in total. The van der Waals surface area contributed by atoms with E-state index in [9.17, 15) is 8.78 Å². The Labute approximate surface area is 106 Å². The van der Waals surface area contributed by atoms with Gasteiger partial charge in [0.1, 0.15) is 11.6 Å². The third-order valence-corrected chi connectivity index (χ3v) is 3.72. The average Bonchev–Trinajstić information content (AvgIpc) is 2.20. The summed E-state index contributed by atoms with van der Waals surface area (Å²) in [6, 6.07) is 3.67. The third kappa shape index (κ3) is 5.04. The Morgan fingerprint density at radius 1 is 1.24 bits per heavy atom. The van der Waals surface area contributed by atoms with Crippen molar-refractivity contribution in [2.45, 2.75) is 38.0 Å². The lowest BCUT2D eigenvalue weighted by molar-refractivity contribution is 0.543. The molecule has 0 aliphatic carbocycles. The summed E-state index contributed by atoms with van der Waals surface area (Å²) in [5, 5.41) is 0. The van der Waals surface area contributed by atoms with E-state index >= 15 is 0 Å². The molecule has 0 aromatic heterocycles. The van der Waals surface area contributed by atoms with Crippen molar-refractivity contribution in [1.29, 1.82) is 0 Å². The first-order valence-electron chi connectivity index (χ1n) is 5.62. The molecule has 0 heterocycles. The molecule has 0 radical (unpaired) electrons. The van der Waals surface area contributed by atoms with E-state index in [1.165, 1.54) is 18.2 Å². The van der Waals surface area contributed by atoms with Gasteiger partial charge < -0.3 is 5.73 Å². The van der Waals surface area contributed by atoms with Crippen LogP contribution < -0.4 is 5.73 Å². The average molecular weight is 259 g/mol. The van der Waals surface area contributed by atoms with E-state index in [-0.39, 0.29) is 22.8 Å². The minimum absolute atomic E-state index is 0.0921. The number of hydrogen-bond donors (Lipinski definition) is 1. The van der Waals surface area contributed by atoms with Gasteiger partial charge in [0.2, 0.25) is 0 Å². The van der Waals surface area contributed by atoms with Crippen LogP contribution in [0.2, 0.25) is 0 Å². The number of rotatable bonds is 4. The second-order valence-corrected chi connectivity index (χ2v) is 6.93. The highest BCUT2D eigenvalue weighted by Crippen LogP contribution is 2.24. The van der Waals surface area contributed by atoms with Gasteiger partial charge in [0.25, 0.3) is 0 Å². The highest BCUT2D eigenvalue weighted by atomic mass is 32.2. The summed E-state index contributed by atoms with van der Waals surface area (Å²) < 4.78 is 26.9. The predicted octanol–water partition coefficient (Wildman–Crippen LogP) is 3.37. The zero-order valence-electron chi connectivity index (χ0n) is 10.5. The fourth-order valence-corrected chi connectivity index (χ4v) is 2.24. The van der Waals surface area contributed by atoms with Crippen molar-refractivity contribution in [3.63, 3.8) is 0 Å². The van der Waals surface area contributed by atoms with Gasteiger partial charge in [-0.3, -0.25) is 0 Å². The largest absolute Gasteiger partial charge is 0.327 e. The lowest BCUT2D eigenvalue weighted by atomic mass is 10.1. The van der Waals surface area contributed by atoms with Gasteiger partial charge in [0.15, 0.2) is 0 Å². The van der Waals surface area contributed by atoms with E-state index in [0.717, 1.165) is 0 Å². The van der Waals surface area contributed by atoms with E-state index < -0.39 is 11.6 Å². The van der Waals surface area contributed by atoms with Gasteiger partial charge in [-0.2, -0.15) is 11.8 Å². The SMILES string of the molecule is CC(C)(C)SCC(N)Cc1c(F)cccc1F. The van der Waals surface area contributed by atoms with Gasteiger partial charge in [-0.25, -0.2) is 8.78 Å². The highest BCUT2D eigenvalue weighted by molar-refractivity contribution is 8.00. The first-order valence-corrected chi connectivity index (χ1v) is 6.60. The molecule has 0 aliphatic heterocycles. The molecule has 1 unspecified atom stereocenters. The van der Waals surface area contributed by atoms with Crippen LogP contribution in [0.25, 0.3) is 0 Å². The Balaban J connectivity index is 2.59. The zero-order chi connectivity index (χ0) is 13.1. The topological polar surface area (TPSA) is 26.0 Å². The number of hydrogen-bond acceptors (Lipinski definition) is 2. The van der Waals surface area contributed by atoms with Crippen LogP contribution in [-0.4, -0.2) is 16.5 Å². The van der Waals surface area contributed by atoms with Gasteiger partial charge in [-0.05, 0) is 18.6 Å². The van der Waals surface area contributed by atoms with Crippen LogP contribution in [0.15, 0.2) is 18.2 Å². The summed E-state index contributed by atoms with van der Waals surface area (Å²) in [6.07, 6.45) is 0.238. The summed E-state index contributed by atoms with van der Waals surface area (Å²) in [4.78, 5) is 0. The van der Waals surface area contributed by atoms with E-state index in [0.29, 0.717) is 5.75 Å². The fraction of sp³-hybridized carbons (Fsp3) is 0.538. The molecule has 1 nitrogen and oxygen atoms in total. The van der Waals surface area contributed by atoms with Crippen molar-refractivity contribution >= 4 is 11.8 Å². The molecule has 1 atom stereocenters. The van der Waals surface area contributed by atoms with E-state index in [1.54, 1.807) is 11.8 Å². The van der Waals surface area contributed by atoms with Gasteiger partial charge in [0.05, 0.1) is 0 Å². The van der Waals surface area contributed by atoms with Crippen molar-refractivity contribution in [2.24, 2.45) is 5.73 Å². The van der Waals surface area contributed by atoms with E-state index in [1.807, 2.05) is 0 Å². The molecule has 1 aromatic carbocycles. The fourth-order valence-electron chi connectivity index (χ4n) is 1.41. The van der Waals surface area contributed by atoms with Crippen molar-refractivity contribution < 1.29 is 8.78 Å². The number of nitrogens with two attached hydrogens (primary N) is 1. The van der Waals surface area contributed by atoms with Crippen LogP contribution in [-0.2, 0) is 6.42 Å². The van der Waals surface area contributed by atoms with Gasteiger partial charge in [0, 0.05) is 22.1 Å². The van der Waals surface area contributed by atoms with Crippen LogP contribution in [0.3, 0.4) is 0 Å². The lowest BCUT2D eigenvalue weighted by Crippen LogP contribution is -2.28. The summed E-state index contributed by atoms with van der Waals surface area (Å²) in [5.41, 5.74) is 5.99. The Morgan fingerprint density at radius 3 is 2.24 bits per heavy atom. The molecule has 96 valence electrons. The summed E-state index contributed by atoms with van der Waals surface area (Å²) in [7, 11) is 0. The van der Waals surface area contributed by atoms with Gasteiger partial charge >= 0.3 is 0 Å². The Bertz CT molecular complexity index is 354. The molecule has 0 saturated carbocycles. The number of halogens is 2. The number of thioether (sulfide) groups is 1. The van der Waals surface area contributed by atoms with Crippen molar-refractivity contribution in [1.82, 2.24) is 0 Å². The first kappa shape index (κ1) is 14.5. The van der Waals surface area contributed by atoms with Crippen LogP contribution in [0.1, 0.15) is 26.3 Å². The molecule has 1 rings (SSSR count). The van der Waals surface area contributed by atoms with Crippen LogP contribution in [0, 0.1) is 11.6 Å². The molecular formula is C13H19F2NS. The molecule has 0 saturated heterocycles. The molecule has 17 heavy (non-hydrogen) atoms. The monoisotopic (exact) mass is 259 g/mol. The summed E-state index contributed by atoms with van der Waals surface area (Å²) in [5.74, 6) is -0.334. The maximum absolute atomic E-state index is 13.4. The summed E-state index contributed by atoms with van der Waals surface area (Å²) >= 11 is 1.70. The minimum Gasteiger partial charge on any atom is -0.327 e. The maximum Gasteiger partial charge on any atom is 0.129 e.